The molecular formula is C14H22N2O2S. The van der Waals surface area contributed by atoms with Crippen molar-refractivity contribution in [2.24, 2.45) is 0 Å². The van der Waals surface area contributed by atoms with E-state index in [9.17, 15) is 8.42 Å². The molecule has 1 fully saturated rings. The number of benzene rings is 1. The normalized spacial score (nSPS) is 20.2. The molecule has 0 spiro atoms. The smallest absolute Gasteiger partial charge is 0.153 e. The zero-order valence-electron chi connectivity index (χ0n) is 11.6. The van der Waals surface area contributed by atoms with Gasteiger partial charge < -0.3 is 10.2 Å². The van der Waals surface area contributed by atoms with E-state index in [1.807, 2.05) is 7.05 Å². The van der Waals surface area contributed by atoms with Crippen LogP contribution in [0.4, 0.5) is 5.69 Å². The molecule has 0 amide bonds. The van der Waals surface area contributed by atoms with Crippen LogP contribution in [0.2, 0.25) is 0 Å². The predicted molar refractivity (Wildman–Crippen MR) is 79.4 cm³/mol. The van der Waals surface area contributed by atoms with Gasteiger partial charge in [-0.3, -0.25) is 0 Å². The Morgan fingerprint density at radius 2 is 1.79 bits per heavy atom. The summed E-state index contributed by atoms with van der Waals surface area (Å²) in [6.07, 6.45) is 1.05. The number of anilines is 1. The zero-order chi connectivity index (χ0) is 13.9. The van der Waals surface area contributed by atoms with E-state index in [0.717, 1.165) is 12.1 Å². The van der Waals surface area contributed by atoms with E-state index in [1.165, 1.54) is 5.56 Å². The Balaban J connectivity index is 2.07. The van der Waals surface area contributed by atoms with E-state index < -0.39 is 9.84 Å². The lowest BCUT2D eigenvalue weighted by molar-refractivity contribution is 0.576. The van der Waals surface area contributed by atoms with Gasteiger partial charge in [0, 0.05) is 24.8 Å². The first kappa shape index (κ1) is 14.3. The summed E-state index contributed by atoms with van der Waals surface area (Å²) in [5.41, 5.74) is 2.39. The van der Waals surface area contributed by atoms with Crippen molar-refractivity contribution in [3.8, 4) is 0 Å². The number of rotatable bonds is 4. The van der Waals surface area contributed by atoms with Gasteiger partial charge in [-0.05, 0) is 31.2 Å². The first-order valence-electron chi connectivity index (χ1n) is 6.78. The van der Waals surface area contributed by atoms with Crippen molar-refractivity contribution in [2.45, 2.75) is 19.4 Å². The van der Waals surface area contributed by atoms with E-state index in [-0.39, 0.29) is 11.5 Å². The molecule has 0 saturated carbocycles. The molecule has 1 atom stereocenters. The second-order valence-corrected chi connectivity index (χ2v) is 7.28. The maximum absolute atomic E-state index is 11.4. The molecule has 106 valence electrons. The van der Waals surface area contributed by atoms with E-state index in [4.69, 9.17) is 0 Å². The van der Waals surface area contributed by atoms with Gasteiger partial charge in [-0.2, -0.15) is 0 Å². The third-order valence-electron chi connectivity index (χ3n) is 3.76. The molecule has 1 aromatic rings. The third kappa shape index (κ3) is 3.48. The Labute approximate surface area is 115 Å². The Bertz CT molecular complexity index is 493. The van der Waals surface area contributed by atoms with Crippen molar-refractivity contribution < 1.29 is 8.42 Å². The highest BCUT2D eigenvalue weighted by molar-refractivity contribution is 7.91. The van der Waals surface area contributed by atoms with Gasteiger partial charge in [0.15, 0.2) is 9.84 Å². The Hall–Kier alpha value is -1.07. The summed E-state index contributed by atoms with van der Waals surface area (Å²) in [6, 6.07) is 8.82. The van der Waals surface area contributed by atoms with Gasteiger partial charge in [0.05, 0.1) is 11.5 Å². The molecule has 0 bridgehead atoms. The molecule has 1 N–H and O–H groups in total. The molecule has 19 heavy (non-hydrogen) atoms. The van der Waals surface area contributed by atoms with Crippen molar-refractivity contribution in [3.05, 3.63) is 29.8 Å². The van der Waals surface area contributed by atoms with E-state index >= 15 is 0 Å². The summed E-state index contributed by atoms with van der Waals surface area (Å²) in [7, 11) is -0.835. The van der Waals surface area contributed by atoms with Gasteiger partial charge in [-0.25, -0.2) is 8.42 Å². The Morgan fingerprint density at radius 1 is 1.21 bits per heavy atom. The first-order valence-corrected chi connectivity index (χ1v) is 8.60. The molecule has 0 radical (unpaired) electrons. The van der Waals surface area contributed by atoms with E-state index in [2.05, 4.69) is 41.4 Å². The standard InChI is InChI=1S/C14H22N2O2S/c1-3-14(15-2)12-4-6-13(7-5-12)16-8-10-19(17,18)11-9-16/h4-7,14-15H,3,8-11H2,1-2H3. The van der Waals surface area contributed by atoms with E-state index in [0.29, 0.717) is 19.1 Å². The summed E-state index contributed by atoms with van der Waals surface area (Å²) >= 11 is 0. The summed E-state index contributed by atoms with van der Waals surface area (Å²) in [5, 5.41) is 3.28. The number of nitrogens with zero attached hydrogens (tertiary/aromatic N) is 1. The summed E-state index contributed by atoms with van der Waals surface area (Å²) in [4.78, 5) is 2.14. The lowest BCUT2D eigenvalue weighted by Gasteiger charge is -2.29. The van der Waals surface area contributed by atoms with Crippen molar-refractivity contribution in [1.82, 2.24) is 5.32 Å². The van der Waals surface area contributed by atoms with Crippen molar-refractivity contribution in [3.63, 3.8) is 0 Å². The van der Waals surface area contributed by atoms with Crippen LogP contribution in [0, 0.1) is 0 Å². The average Bonchev–Trinajstić information content (AvgIpc) is 2.41. The molecule has 5 heteroatoms. The average molecular weight is 282 g/mol. The fourth-order valence-corrected chi connectivity index (χ4v) is 3.70. The van der Waals surface area contributed by atoms with Crippen LogP contribution >= 0.6 is 0 Å². The quantitative estimate of drug-likeness (QED) is 0.911. The fraction of sp³-hybridized carbons (Fsp3) is 0.571. The Kier molecular flexibility index (Phi) is 4.47. The van der Waals surface area contributed by atoms with Crippen LogP contribution in [-0.2, 0) is 9.84 Å². The molecule has 1 aliphatic rings. The Morgan fingerprint density at radius 3 is 2.26 bits per heavy atom. The van der Waals surface area contributed by atoms with Crippen molar-refractivity contribution >= 4 is 15.5 Å². The van der Waals surface area contributed by atoms with Crippen LogP contribution in [0.5, 0.6) is 0 Å². The first-order chi connectivity index (χ1) is 9.05. The maximum Gasteiger partial charge on any atom is 0.153 e. The molecular weight excluding hydrogens is 260 g/mol. The van der Waals surface area contributed by atoms with Crippen molar-refractivity contribution in [1.29, 1.82) is 0 Å². The lowest BCUT2D eigenvalue weighted by atomic mass is 10.0. The minimum absolute atomic E-state index is 0.267. The van der Waals surface area contributed by atoms with Crippen LogP contribution in [0.25, 0.3) is 0 Å². The molecule has 1 aromatic carbocycles. The van der Waals surface area contributed by atoms with Crippen molar-refractivity contribution in [2.75, 3.05) is 36.5 Å². The monoisotopic (exact) mass is 282 g/mol. The van der Waals surface area contributed by atoms with Gasteiger partial charge >= 0.3 is 0 Å². The van der Waals surface area contributed by atoms with Crippen LogP contribution in [-0.4, -0.2) is 40.1 Å². The highest BCUT2D eigenvalue weighted by Gasteiger charge is 2.21. The second kappa shape index (κ2) is 5.92. The molecule has 1 saturated heterocycles. The molecule has 1 heterocycles. The lowest BCUT2D eigenvalue weighted by Crippen LogP contribution is -2.40. The van der Waals surface area contributed by atoms with Crippen LogP contribution in [0.1, 0.15) is 24.9 Å². The van der Waals surface area contributed by atoms with Gasteiger partial charge in [0.25, 0.3) is 0 Å². The number of hydrogen-bond donors (Lipinski definition) is 1. The SMILES string of the molecule is CCC(NC)c1ccc(N2CCS(=O)(=O)CC2)cc1. The predicted octanol–water partition coefficient (Wildman–Crippen LogP) is 1.59. The van der Waals surface area contributed by atoms with Crippen LogP contribution < -0.4 is 10.2 Å². The molecule has 1 aliphatic heterocycles. The van der Waals surface area contributed by atoms with Gasteiger partial charge in [0.1, 0.15) is 0 Å². The highest BCUT2D eigenvalue weighted by Crippen LogP contribution is 2.22. The second-order valence-electron chi connectivity index (χ2n) is 4.98. The fourth-order valence-electron chi connectivity index (χ4n) is 2.49. The molecule has 1 unspecified atom stereocenters. The maximum atomic E-state index is 11.4. The highest BCUT2D eigenvalue weighted by atomic mass is 32.2. The summed E-state index contributed by atoms with van der Waals surface area (Å²) < 4.78 is 22.8. The molecule has 2 rings (SSSR count). The molecule has 0 aliphatic carbocycles. The van der Waals surface area contributed by atoms with E-state index in [1.54, 1.807) is 0 Å². The van der Waals surface area contributed by atoms with Crippen LogP contribution in [0.15, 0.2) is 24.3 Å². The minimum atomic E-state index is -2.80. The van der Waals surface area contributed by atoms with Gasteiger partial charge in [0.2, 0.25) is 0 Å². The number of sulfone groups is 1. The summed E-state index contributed by atoms with van der Waals surface area (Å²) in [6.45, 7) is 3.36. The molecule has 4 nitrogen and oxygen atoms in total. The topological polar surface area (TPSA) is 49.4 Å². The largest absolute Gasteiger partial charge is 0.369 e. The molecule has 0 aromatic heterocycles. The summed E-state index contributed by atoms with van der Waals surface area (Å²) in [5.74, 6) is 0.533. The van der Waals surface area contributed by atoms with Crippen LogP contribution in [0.3, 0.4) is 0 Å². The third-order valence-corrected chi connectivity index (χ3v) is 5.37. The van der Waals surface area contributed by atoms with Gasteiger partial charge in [-0.15, -0.1) is 0 Å². The van der Waals surface area contributed by atoms with Gasteiger partial charge in [-0.1, -0.05) is 19.1 Å². The number of nitrogens with one attached hydrogen (secondary N) is 1. The number of hydrogen-bond acceptors (Lipinski definition) is 4. The minimum Gasteiger partial charge on any atom is -0.369 e. The zero-order valence-corrected chi connectivity index (χ0v) is 12.4.